The van der Waals surface area contributed by atoms with Crippen molar-refractivity contribution in [2.75, 3.05) is 11.9 Å². The van der Waals surface area contributed by atoms with Gasteiger partial charge in [0.15, 0.2) is 0 Å². The molecular formula is C15H11FN4OS. The molecule has 0 spiro atoms. The molecule has 0 saturated heterocycles. The molecule has 5 nitrogen and oxygen atoms in total. The number of hydrogen-bond donors (Lipinski definition) is 0. The average molecular weight is 314 g/mol. The molecule has 7 heteroatoms. The number of benzene rings is 1. The van der Waals surface area contributed by atoms with Gasteiger partial charge in [-0.25, -0.2) is 9.55 Å². The Morgan fingerprint density at radius 1 is 1.32 bits per heavy atom. The van der Waals surface area contributed by atoms with Crippen molar-refractivity contribution in [2.24, 2.45) is 0 Å². The molecule has 3 aromatic rings. The third-order valence-electron chi connectivity index (χ3n) is 3.68. The van der Waals surface area contributed by atoms with Gasteiger partial charge in [0.05, 0.1) is 22.5 Å². The summed E-state index contributed by atoms with van der Waals surface area (Å²) in [5.74, 6) is -0.381. The standard InChI is InChI=1S/C15H11FN4OS/c1-9-18(2)11-7-10(3-4-12(11)22-9)20-14(21)8-13(16)19-6-5-17-15(19)20/h3-8H,1H2,2H3. The van der Waals surface area contributed by atoms with E-state index in [1.165, 1.54) is 21.4 Å². The van der Waals surface area contributed by atoms with Gasteiger partial charge in [0.1, 0.15) is 0 Å². The predicted octanol–water partition coefficient (Wildman–Crippen LogP) is 2.64. The fraction of sp³-hybridized carbons (Fsp3) is 0.0667. The summed E-state index contributed by atoms with van der Waals surface area (Å²) in [6.07, 6.45) is 2.95. The molecule has 1 aliphatic rings. The lowest BCUT2D eigenvalue weighted by Crippen LogP contribution is -2.22. The highest BCUT2D eigenvalue weighted by atomic mass is 32.2. The van der Waals surface area contributed by atoms with Crippen LogP contribution in [0.4, 0.5) is 10.1 Å². The molecule has 1 aliphatic heterocycles. The third kappa shape index (κ3) is 1.72. The Bertz CT molecular complexity index is 991. The van der Waals surface area contributed by atoms with E-state index in [0.717, 1.165) is 21.7 Å². The Kier molecular flexibility index (Phi) is 2.67. The maximum atomic E-state index is 13.8. The maximum Gasteiger partial charge on any atom is 0.262 e. The summed E-state index contributed by atoms with van der Waals surface area (Å²) in [5, 5.41) is 0.921. The number of halogens is 1. The van der Waals surface area contributed by atoms with Crippen LogP contribution in [0.15, 0.2) is 58.0 Å². The van der Waals surface area contributed by atoms with Crippen LogP contribution < -0.4 is 10.5 Å². The number of anilines is 1. The van der Waals surface area contributed by atoms with E-state index in [4.69, 9.17) is 0 Å². The van der Waals surface area contributed by atoms with E-state index >= 15 is 0 Å². The van der Waals surface area contributed by atoms with Crippen LogP contribution in [0.5, 0.6) is 0 Å². The summed E-state index contributed by atoms with van der Waals surface area (Å²) < 4.78 is 16.4. The van der Waals surface area contributed by atoms with Crippen molar-refractivity contribution < 1.29 is 4.39 Å². The van der Waals surface area contributed by atoms with Crippen LogP contribution in [-0.2, 0) is 0 Å². The van der Waals surface area contributed by atoms with Gasteiger partial charge in [-0.05, 0) is 18.2 Å². The van der Waals surface area contributed by atoms with Gasteiger partial charge in [-0.1, -0.05) is 18.3 Å². The second-order valence-corrected chi connectivity index (χ2v) is 6.06. The van der Waals surface area contributed by atoms with Gasteiger partial charge in [0.2, 0.25) is 11.7 Å². The minimum atomic E-state index is -0.629. The van der Waals surface area contributed by atoms with E-state index in [2.05, 4.69) is 11.6 Å². The van der Waals surface area contributed by atoms with Crippen molar-refractivity contribution in [2.45, 2.75) is 4.90 Å². The molecule has 3 heterocycles. The number of nitrogens with zero attached hydrogens (tertiary/aromatic N) is 4. The van der Waals surface area contributed by atoms with Crippen LogP contribution in [-0.4, -0.2) is 21.0 Å². The first-order valence-corrected chi connectivity index (χ1v) is 7.37. The summed E-state index contributed by atoms with van der Waals surface area (Å²) in [5.41, 5.74) is 1.15. The van der Waals surface area contributed by atoms with Crippen molar-refractivity contribution in [3.63, 3.8) is 0 Å². The molecular weight excluding hydrogens is 303 g/mol. The van der Waals surface area contributed by atoms with Crippen LogP contribution >= 0.6 is 11.8 Å². The van der Waals surface area contributed by atoms with Gasteiger partial charge in [-0.3, -0.25) is 9.20 Å². The second-order valence-electron chi connectivity index (χ2n) is 4.94. The predicted molar refractivity (Wildman–Crippen MR) is 84.1 cm³/mol. The maximum absolute atomic E-state index is 13.8. The normalized spacial score (nSPS) is 13.9. The molecule has 4 rings (SSSR count). The molecule has 110 valence electrons. The Morgan fingerprint density at radius 2 is 2.14 bits per heavy atom. The molecule has 0 saturated carbocycles. The fourth-order valence-electron chi connectivity index (χ4n) is 2.53. The van der Waals surface area contributed by atoms with E-state index in [0.29, 0.717) is 5.69 Å². The first kappa shape index (κ1) is 13.1. The summed E-state index contributed by atoms with van der Waals surface area (Å²) in [6.45, 7) is 3.98. The summed E-state index contributed by atoms with van der Waals surface area (Å²) in [6, 6.07) is 6.60. The van der Waals surface area contributed by atoms with Gasteiger partial charge in [-0.15, -0.1) is 0 Å². The molecule has 1 aromatic carbocycles. The fourth-order valence-corrected chi connectivity index (χ4v) is 3.45. The minimum absolute atomic E-state index is 0.247. The Morgan fingerprint density at radius 3 is 2.95 bits per heavy atom. The van der Waals surface area contributed by atoms with Crippen molar-refractivity contribution >= 4 is 23.2 Å². The molecule has 0 aliphatic carbocycles. The highest BCUT2D eigenvalue weighted by Gasteiger charge is 2.21. The number of fused-ring (bicyclic) bond motifs is 2. The van der Waals surface area contributed by atoms with Crippen molar-refractivity contribution in [1.29, 1.82) is 0 Å². The zero-order valence-corrected chi connectivity index (χ0v) is 12.5. The summed E-state index contributed by atoms with van der Waals surface area (Å²) >= 11 is 1.58. The zero-order chi connectivity index (χ0) is 15.4. The van der Waals surface area contributed by atoms with Crippen LogP contribution in [0.25, 0.3) is 11.5 Å². The van der Waals surface area contributed by atoms with Gasteiger partial charge >= 0.3 is 0 Å². The van der Waals surface area contributed by atoms with Gasteiger partial charge in [0, 0.05) is 24.3 Å². The topological polar surface area (TPSA) is 42.5 Å². The van der Waals surface area contributed by atoms with E-state index in [9.17, 15) is 9.18 Å². The minimum Gasteiger partial charge on any atom is -0.339 e. The third-order valence-corrected chi connectivity index (χ3v) is 4.75. The highest BCUT2D eigenvalue weighted by Crippen LogP contribution is 2.44. The van der Waals surface area contributed by atoms with Gasteiger partial charge in [0.25, 0.3) is 5.56 Å². The van der Waals surface area contributed by atoms with Crippen molar-refractivity contribution in [3.05, 3.63) is 64.6 Å². The number of thioether (sulfide) groups is 1. The lowest BCUT2D eigenvalue weighted by atomic mass is 10.2. The highest BCUT2D eigenvalue weighted by molar-refractivity contribution is 8.03. The van der Waals surface area contributed by atoms with Crippen LogP contribution in [0.3, 0.4) is 0 Å². The van der Waals surface area contributed by atoms with E-state index in [1.807, 2.05) is 30.1 Å². The van der Waals surface area contributed by atoms with Gasteiger partial charge < -0.3 is 4.90 Å². The Labute approximate surface area is 129 Å². The van der Waals surface area contributed by atoms with E-state index in [1.54, 1.807) is 11.8 Å². The first-order valence-electron chi connectivity index (χ1n) is 6.56. The second kappa shape index (κ2) is 4.48. The monoisotopic (exact) mass is 314 g/mol. The lowest BCUT2D eigenvalue weighted by molar-refractivity contribution is 0.558. The molecule has 2 aromatic heterocycles. The molecule has 0 atom stereocenters. The Balaban J connectivity index is 2.00. The molecule has 22 heavy (non-hydrogen) atoms. The van der Waals surface area contributed by atoms with Crippen LogP contribution in [0.2, 0.25) is 0 Å². The summed E-state index contributed by atoms with van der Waals surface area (Å²) in [4.78, 5) is 19.4. The quantitative estimate of drug-likeness (QED) is 0.648. The molecule has 0 radical (unpaired) electrons. The first-order chi connectivity index (χ1) is 10.6. The molecule has 0 bridgehead atoms. The molecule has 0 amide bonds. The van der Waals surface area contributed by atoms with Crippen LogP contribution in [0.1, 0.15) is 0 Å². The Hall–Kier alpha value is -2.54. The average Bonchev–Trinajstić information content (AvgIpc) is 3.06. The van der Waals surface area contributed by atoms with Gasteiger partial charge in [-0.2, -0.15) is 4.39 Å². The number of rotatable bonds is 1. The number of imidazole rings is 1. The largest absolute Gasteiger partial charge is 0.339 e. The number of hydrogen-bond acceptors (Lipinski definition) is 4. The smallest absolute Gasteiger partial charge is 0.262 e. The van der Waals surface area contributed by atoms with Crippen molar-refractivity contribution in [1.82, 2.24) is 14.0 Å². The summed E-state index contributed by atoms with van der Waals surface area (Å²) in [7, 11) is 1.92. The van der Waals surface area contributed by atoms with E-state index in [-0.39, 0.29) is 5.78 Å². The van der Waals surface area contributed by atoms with E-state index < -0.39 is 11.5 Å². The number of aromatic nitrogens is 3. The lowest BCUT2D eigenvalue weighted by Gasteiger charge is -2.14. The zero-order valence-electron chi connectivity index (χ0n) is 11.7. The van der Waals surface area contributed by atoms with Crippen molar-refractivity contribution in [3.8, 4) is 5.69 Å². The molecule has 0 unspecified atom stereocenters. The SMILES string of the molecule is C=C1Sc2ccc(-n3c(=O)cc(F)n4ccnc34)cc2N1C. The molecule has 0 fully saturated rings. The molecule has 0 N–H and O–H groups in total. The van der Waals surface area contributed by atoms with Crippen LogP contribution in [0, 0.1) is 5.95 Å².